The minimum Gasteiger partial charge on any atom is -0.480 e. The largest absolute Gasteiger partial charge is 0.480 e. The molecule has 0 aromatic carbocycles. The van der Waals surface area contributed by atoms with Gasteiger partial charge in [0, 0.05) is 24.3 Å². The van der Waals surface area contributed by atoms with E-state index < -0.39 is 35.8 Å². The minimum absolute atomic E-state index is 0.0129. The highest BCUT2D eigenvalue weighted by Crippen LogP contribution is 2.26. The number of carboxylic acid groups (broad SMARTS) is 2. The van der Waals surface area contributed by atoms with Gasteiger partial charge in [0.2, 0.25) is 11.8 Å². The van der Waals surface area contributed by atoms with Crippen LogP contribution in [0.3, 0.4) is 0 Å². The van der Waals surface area contributed by atoms with Gasteiger partial charge in [-0.15, -0.1) is 0 Å². The zero-order valence-electron chi connectivity index (χ0n) is 30.7. The molecule has 1 unspecified atom stereocenters. The van der Waals surface area contributed by atoms with Gasteiger partial charge in [0.1, 0.15) is 12.1 Å². The van der Waals surface area contributed by atoms with E-state index >= 15 is 0 Å². The van der Waals surface area contributed by atoms with Crippen molar-refractivity contribution in [3.05, 3.63) is 0 Å². The van der Waals surface area contributed by atoms with Crippen LogP contribution in [-0.2, 0) is 19.2 Å². The number of rotatable bonds is 36. The molecule has 0 aliphatic rings. The van der Waals surface area contributed by atoms with E-state index in [9.17, 15) is 24.3 Å². The predicted octanol–water partition coefficient (Wildman–Crippen LogP) is 10.6. The second kappa shape index (κ2) is 34.2. The fourth-order valence-electron chi connectivity index (χ4n) is 5.88. The van der Waals surface area contributed by atoms with Gasteiger partial charge in [-0.05, 0) is 12.8 Å². The summed E-state index contributed by atoms with van der Waals surface area (Å²) in [6, 6.07) is -2.34. The SMILES string of the molecule is CCCCCCCCCCCCCCCC(=O)N(C(=O)CCCCCCCCCCCCCCC)[C@@H](CSSCC(N)C(=O)O)C(=O)O. The molecule has 282 valence electrons. The second-order valence-electron chi connectivity index (χ2n) is 13.5. The van der Waals surface area contributed by atoms with Crippen LogP contribution >= 0.6 is 21.6 Å². The van der Waals surface area contributed by atoms with Crippen LogP contribution in [0.1, 0.15) is 194 Å². The zero-order chi connectivity index (χ0) is 35.7. The molecule has 0 radical (unpaired) electrons. The molecule has 0 aromatic heterocycles. The Morgan fingerprint density at radius 2 is 0.771 bits per heavy atom. The normalized spacial score (nSPS) is 12.6. The Labute approximate surface area is 301 Å². The van der Waals surface area contributed by atoms with Crippen molar-refractivity contribution in [3.8, 4) is 0 Å². The second-order valence-corrected chi connectivity index (χ2v) is 16.1. The first kappa shape index (κ1) is 46.7. The van der Waals surface area contributed by atoms with E-state index in [2.05, 4.69) is 13.8 Å². The van der Waals surface area contributed by atoms with E-state index in [1.807, 2.05) is 0 Å². The van der Waals surface area contributed by atoms with Crippen LogP contribution in [0.5, 0.6) is 0 Å². The van der Waals surface area contributed by atoms with E-state index in [-0.39, 0.29) is 24.3 Å². The molecule has 0 saturated heterocycles. The van der Waals surface area contributed by atoms with E-state index in [4.69, 9.17) is 10.8 Å². The molecule has 48 heavy (non-hydrogen) atoms. The third-order valence-corrected chi connectivity index (χ3v) is 11.4. The maximum absolute atomic E-state index is 13.3. The van der Waals surface area contributed by atoms with Gasteiger partial charge in [-0.1, -0.05) is 190 Å². The van der Waals surface area contributed by atoms with Crippen molar-refractivity contribution >= 4 is 45.3 Å². The molecule has 0 aromatic rings. The van der Waals surface area contributed by atoms with Crippen LogP contribution in [0.4, 0.5) is 0 Å². The fourth-order valence-corrected chi connectivity index (χ4v) is 8.18. The van der Waals surface area contributed by atoms with Gasteiger partial charge >= 0.3 is 11.9 Å². The Morgan fingerprint density at radius 1 is 0.479 bits per heavy atom. The standard InChI is InChI=1S/C38H72N2O6S2/c1-3-5-7-9-11-13-15-17-19-21-23-25-27-29-35(41)40(34(38(45)46)32-48-47-31-33(39)37(43)44)36(42)30-28-26-24-22-20-18-16-14-12-10-8-6-4-2/h33-34H,3-32,39H2,1-2H3,(H,43,44)(H,45,46)/t33?,34-/m0/s1. The van der Waals surface area contributed by atoms with Crippen LogP contribution in [0.2, 0.25) is 0 Å². The average Bonchev–Trinajstić information content (AvgIpc) is 3.06. The third kappa shape index (κ3) is 27.5. The van der Waals surface area contributed by atoms with Gasteiger partial charge in [-0.3, -0.25) is 19.3 Å². The highest BCUT2D eigenvalue weighted by atomic mass is 33.1. The highest BCUT2D eigenvalue weighted by Gasteiger charge is 2.34. The number of imide groups is 1. The summed E-state index contributed by atoms with van der Waals surface area (Å²) < 4.78 is 0. The Hall–Kier alpha value is -1.26. The molecule has 4 N–H and O–H groups in total. The molecule has 10 heteroatoms. The number of unbranched alkanes of at least 4 members (excludes halogenated alkanes) is 24. The fraction of sp³-hybridized carbons (Fsp3) is 0.895. The number of nitrogens with zero attached hydrogens (tertiary/aromatic N) is 1. The Bertz CT molecular complexity index is 774. The number of hydrogen-bond donors (Lipinski definition) is 3. The Kier molecular flexibility index (Phi) is 33.3. The van der Waals surface area contributed by atoms with Crippen LogP contribution in [0, 0.1) is 0 Å². The van der Waals surface area contributed by atoms with Crippen molar-refractivity contribution < 1.29 is 29.4 Å². The lowest BCUT2D eigenvalue weighted by molar-refractivity contribution is -0.157. The van der Waals surface area contributed by atoms with Gasteiger partial charge in [-0.25, -0.2) is 4.79 Å². The molecular weight excluding hydrogens is 645 g/mol. The molecule has 2 atom stereocenters. The van der Waals surface area contributed by atoms with Crippen LogP contribution in [0.25, 0.3) is 0 Å². The zero-order valence-corrected chi connectivity index (χ0v) is 32.4. The molecule has 0 aliphatic carbocycles. The van der Waals surface area contributed by atoms with Crippen molar-refractivity contribution in [1.29, 1.82) is 0 Å². The number of aliphatic carboxylic acids is 2. The minimum atomic E-state index is -1.28. The maximum Gasteiger partial charge on any atom is 0.327 e. The lowest BCUT2D eigenvalue weighted by Crippen LogP contribution is -2.50. The summed E-state index contributed by atoms with van der Waals surface area (Å²) in [6.45, 7) is 4.48. The van der Waals surface area contributed by atoms with Crippen molar-refractivity contribution in [1.82, 2.24) is 4.90 Å². The molecule has 8 nitrogen and oxygen atoms in total. The molecule has 0 heterocycles. The summed E-state index contributed by atoms with van der Waals surface area (Å²) in [5, 5.41) is 19.0. The summed E-state index contributed by atoms with van der Waals surface area (Å²) >= 11 is 0. The number of hydrogen-bond acceptors (Lipinski definition) is 7. The monoisotopic (exact) mass is 716 g/mol. The van der Waals surface area contributed by atoms with E-state index in [0.717, 1.165) is 65.0 Å². The molecule has 2 amide bonds. The smallest absolute Gasteiger partial charge is 0.327 e. The molecule has 0 fully saturated rings. The summed E-state index contributed by atoms with van der Waals surface area (Å²) in [6.07, 6.45) is 31.1. The lowest BCUT2D eigenvalue weighted by atomic mass is 10.0. The quantitative estimate of drug-likeness (QED) is 0.0427. The van der Waals surface area contributed by atoms with Gasteiger partial charge in [-0.2, -0.15) is 0 Å². The first-order valence-corrected chi connectivity index (χ1v) is 22.0. The molecule has 0 bridgehead atoms. The van der Waals surface area contributed by atoms with Crippen molar-refractivity contribution in [2.24, 2.45) is 5.73 Å². The van der Waals surface area contributed by atoms with Crippen LogP contribution in [0.15, 0.2) is 0 Å². The van der Waals surface area contributed by atoms with Crippen LogP contribution < -0.4 is 5.73 Å². The van der Waals surface area contributed by atoms with Crippen molar-refractivity contribution in [2.45, 2.75) is 206 Å². The molecule has 0 spiro atoms. The topological polar surface area (TPSA) is 138 Å². The number of carboxylic acids is 2. The predicted molar refractivity (Wildman–Crippen MR) is 204 cm³/mol. The van der Waals surface area contributed by atoms with Crippen molar-refractivity contribution in [2.75, 3.05) is 11.5 Å². The Balaban J connectivity index is 4.64. The number of amides is 2. The summed E-state index contributed by atoms with van der Waals surface area (Å²) in [7, 11) is 2.29. The Morgan fingerprint density at radius 3 is 1.06 bits per heavy atom. The number of nitrogens with two attached hydrogens (primary N) is 1. The van der Waals surface area contributed by atoms with Crippen molar-refractivity contribution in [3.63, 3.8) is 0 Å². The lowest BCUT2D eigenvalue weighted by Gasteiger charge is -2.27. The first-order valence-electron chi connectivity index (χ1n) is 19.6. The first-order chi connectivity index (χ1) is 23.3. The molecular formula is C38H72N2O6S2. The average molecular weight is 717 g/mol. The van der Waals surface area contributed by atoms with E-state index in [1.54, 1.807) is 0 Å². The summed E-state index contributed by atoms with van der Waals surface area (Å²) in [4.78, 5) is 50.9. The molecule has 0 aliphatic heterocycles. The summed E-state index contributed by atoms with van der Waals surface area (Å²) in [5.41, 5.74) is 5.56. The number of carbonyl (C=O) groups is 4. The van der Waals surface area contributed by atoms with Gasteiger partial charge in [0.05, 0.1) is 0 Å². The van der Waals surface area contributed by atoms with Crippen LogP contribution in [-0.4, -0.2) is 62.5 Å². The number of carbonyl (C=O) groups excluding carboxylic acids is 2. The van der Waals surface area contributed by atoms with Gasteiger partial charge < -0.3 is 15.9 Å². The highest BCUT2D eigenvalue weighted by molar-refractivity contribution is 8.76. The van der Waals surface area contributed by atoms with E-state index in [1.165, 1.54) is 116 Å². The molecule has 0 saturated carbocycles. The maximum atomic E-state index is 13.3. The third-order valence-electron chi connectivity index (χ3n) is 9.00. The molecule has 0 rings (SSSR count). The van der Waals surface area contributed by atoms with E-state index in [0.29, 0.717) is 12.8 Å². The van der Waals surface area contributed by atoms with Gasteiger partial charge in [0.15, 0.2) is 0 Å². The summed E-state index contributed by atoms with van der Waals surface area (Å²) in [5.74, 6) is -3.09. The van der Waals surface area contributed by atoms with Gasteiger partial charge in [0.25, 0.3) is 0 Å².